The summed E-state index contributed by atoms with van der Waals surface area (Å²) in [5, 5.41) is 0. The van der Waals surface area contributed by atoms with Gasteiger partial charge in [0, 0.05) is 0 Å². The van der Waals surface area contributed by atoms with Crippen molar-refractivity contribution in [1.82, 2.24) is 0 Å². The molecule has 0 amide bonds. The molecule has 3 nitrogen and oxygen atoms in total. The molecule has 1 aromatic carbocycles. The highest BCUT2D eigenvalue weighted by Crippen LogP contribution is 2.16. The van der Waals surface area contributed by atoms with E-state index in [1.807, 2.05) is 6.92 Å². The Balaban J connectivity index is 0. The molecular formula is C16H29Cl2N3. The van der Waals surface area contributed by atoms with Crippen molar-refractivity contribution < 1.29 is 0 Å². The summed E-state index contributed by atoms with van der Waals surface area (Å²) < 4.78 is 0. The Hall–Kier alpha value is -0.770. The fourth-order valence-electron chi connectivity index (χ4n) is 2.29. The topological polar surface area (TPSA) is 64.4 Å². The molecule has 0 saturated carbocycles. The third kappa shape index (κ3) is 9.72. The van der Waals surface area contributed by atoms with Gasteiger partial charge in [-0.15, -0.1) is 24.8 Å². The van der Waals surface area contributed by atoms with Gasteiger partial charge in [0.2, 0.25) is 0 Å². The van der Waals surface area contributed by atoms with Crippen LogP contribution in [0.1, 0.15) is 43.7 Å². The van der Waals surface area contributed by atoms with Crippen LogP contribution < -0.4 is 11.5 Å². The van der Waals surface area contributed by atoms with Crippen LogP contribution in [0.4, 0.5) is 0 Å². The predicted octanol–water partition coefficient (Wildman–Crippen LogP) is 3.65. The second-order valence-electron chi connectivity index (χ2n) is 5.19. The number of rotatable bonds is 8. The molecule has 0 fully saturated rings. The van der Waals surface area contributed by atoms with Crippen LogP contribution in [0.15, 0.2) is 29.3 Å². The van der Waals surface area contributed by atoms with E-state index in [1.54, 1.807) is 0 Å². The fraction of sp³-hybridized carbons (Fsp3) is 0.562. The second kappa shape index (κ2) is 12.9. The maximum absolute atomic E-state index is 5.75. The van der Waals surface area contributed by atoms with Gasteiger partial charge in [-0.3, -0.25) is 4.99 Å². The van der Waals surface area contributed by atoms with E-state index in [0.29, 0.717) is 11.9 Å². The summed E-state index contributed by atoms with van der Waals surface area (Å²) in [6, 6.07) is 8.80. The summed E-state index contributed by atoms with van der Waals surface area (Å²) >= 11 is 0. The van der Waals surface area contributed by atoms with Crippen molar-refractivity contribution in [1.29, 1.82) is 0 Å². The molecule has 1 aromatic rings. The normalized spacial score (nSPS) is 12.2. The first kappa shape index (κ1) is 22.5. The summed E-state index contributed by atoms with van der Waals surface area (Å²) in [6.45, 7) is 4.80. The summed E-state index contributed by atoms with van der Waals surface area (Å²) in [7, 11) is 0. The number of hydrogen-bond acceptors (Lipinski definition) is 2. The fourth-order valence-corrected chi connectivity index (χ4v) is 2.29. The average Bonchev–Trinajstić information content (AvgIpc) is 2.36. The highest BCUT2D eigenvalue weighted by Gasteiger charge is 2.09. The maximum atomic E-state index is 5.75. The smallest absolute Gasteiger partial charge is 0.0909 e. The summed E-state index contributed by atoms with van der Waals surface area (Å²) in [5.41, 5.74) is 14.0. The van der Waals surface area contributed by atoms with Crippen molar-refractivity contribution in [2.75, 3.05) is 6.54 Å². The number of halogens is 2. The van der Waals surface area contributed by atoms with Crippen LogP contribution in [0, 0.1) is 6.92 Å². The molecule has 0 bridgehead atoms. The maximum Gasteiger partial charge on any atom is 0.0909 e. The first-order valence-corrected chi connectivity index (χ1v) is 7.18. The van der Waals surface area contributed by atoms with Gasteiger partial charge in [0.1, 0.15) is 0 Å². The average molecular weight is 334 g/mol. The van der Waals surface area contributed by atoms with Crippen molar-refractivity contribution in [3.8, 4) is 0 Å². The first-order valence-electron chi connectivity index (χ1n) is 7.18. The number of benzene rings is 1. The molecule has 0 spiro atoms. The lowest BCUT2D eigenvalue weighted by atomic mass is 9.97. The van der Waals surface area contributed by atoms with Crippen LogP contribution in [0.25, 0.3) is 0 Å². The second-order valence-corrected chi connectivity index (χ2v) is 5.19. The highest BCUT2D eigenvalue weighted by atomic mass is 35.5. The van der Waals surface area contributed by atoms with E-state index in [0.717, 1.165) is 25.8 Å². The summed E-state index contributed by atoms with van der Waals surface area (Å²) in [6.07, 6.45) is 5.51. The summed E-state index contributed by atoms with van der Waals surface area (Å²) in [5.74, 6) is 0.678. The van der Waals surface area contributed by atoms with Crippen molar-refractivity contribution >= 4 is 30.6 Å². The van der Waals surface area contributed by atoms with Crippen molar-refractivity contribution in [2.24, 2.45) is 16.5 Å². The monoisotopic (exact) mass is 333 g/mol. The molecule has 0 aliphatic carbocycles. The molecular weight excluding hydrogens is 305 g/mol. The third-order valence-corrected chi connectivity index (χ3v) is 3.34. The summed E-state index contributed by atoms with van der Waals surface area (Å²) in [4.78, 5) is 4.57. The molecule has 122 valence electrons. The lowest BCUT2D eigenvalue weighted by molar-refractivity contribution is 0.552. The van der Waals surface area contributed by atoms with Crippen molar-refractivity contribution in [3.05, 3.63) is 35.4 Å². The molecule has 0 heterocycles. The molecule has 0 radical (unpaired) electrons. The van der Waals surface area contributed by atoms with Crippen molar-refractivity contribution in [2.45, 2.75) is 52.0 Å². The van der Waals surface area contributed by atoms with E-state index < -0.39 is 0 Å². The minimum Gasteiger partial charge on any atom is -0.388 e. The minimum atomic E-state index is 0. The molecule has 0 aliphatic heterocycles. The van der Waals surface area contributed by atoms with E-state index in [4.69, 9.17) is 11.5 Å². The molecule has 4 N–H and O–H groups in total. The molecule has 1 atom stereocenters. The van der Waals surface area contributed by atoms with Gasteiger partial charge in [-0.1, -0.05) is 37.1 Å². The largest absolute Gasteiger partial charge is 0.388 e. The van der Waals surface area contributed by atoms with E-state index in [9.17, 15) is 0 Å². The van der Waals surface area contributed by atoms with Gasteiger partial charge in [0.15, 0.2) is 0 Å². The lowest BCUT2D eigenvalue weighted by Crippen LogP contribution is -2.16. The van der Waals surface area contributed by atoms with Crippen LogP contribution in [0.2, 0.25) is 0 Å². The predicted molar refractivity (Wildman–Crippen MR) is 98.0 cm³/mol. The van der Waals surface area contributed by atoms with Gasteiger partial charge in [-0.2, -0.15) is 0 Å². The van der Waals surface area contributed by atoms with E-state index >= 15 is 0 Å². The zero-order chi connectivity index (χ0) is 14.1. The van der Waals surface area contributed by atoms with Gasteiger partial charge in [-0.05, 0) is 50.8 Å². The number of nitrogens with zero attached hydrogens (tertiary/aromatic N) is 1. The van der Waals surface area contributed by atoms with E-state index in [1.165, 1.54) is 24.0 Å². The van der Waals surface area contributed by atoms with Gasteiger partial charge in [-0.25, -0.2) is 0 Å². The molecule has 0 aromatic heterocycles. The zero-order valence-electron chi connectivity index (χ0n) is 13.0. The number of aryl methyl sites for hydroxylation is 1. The van der Waals surface area contributed by atoms with Gasteiger partial charge in [0.25, 0.3) is 0 Å². The molecule has 0 saturated heterocycles. The highest BCUT2D eigenvalue weighted by molar-refractivity contribution is 5.85. The lowest BCUT2D eigenvalue weighted by Gasteiger charge is -2.14. The Bertz CT molecular complexity index is 404. The van der Waals surface area contributed by atoms with E-state index in [2.05, 4.69) is 36.2 Å². The van der Waals surface area contributed by atoms with E-state index in [-0.39, 0.29) is 24.8 Å². The Morgan fingerprint density at radius 2 is 1.81 bits per heavy atom. The molecule has 0 aliphatic rings. The number of unbranched alkanes of at least 4 members (excludes halogenated alkanes) is 2. The molecule has 1 unspecified atom stereocenters. The van der Waals surface area contributed by atoms with Crippen LogP contribution in [-0.4, -0.2) is 18.4 Å². The van der Waals surface area contributed by atoms with Gasteiger partial charge in [0.05, 0.1) is 11.9 Å². The molecule has 5 heteroatoms. The Labute approximate surface area is 141 Å². The first-order chi connectivity index (χ1) is 9.13. The molecule has 1 rings (SSSR count). The SMILES string of the molecule is CC(N)=NC(CCCCCN)Cc1ccccc1C.Cl.Cl. The Morgan fingerprint density at radius 1 is 1.14 bits per heavy atom. The zero-order valence-corrected chi connectivity index (χ0v) is 14.7. The Morgan fingerprint density at radius 3 is 2.38 bits per heavy atom. The number of aliphatic imine (C=N–C) groups is 1. The quantitative estimate of drug-likeness (QED) is 0.433. The molecule has 21 heavy (non-hydrogen) atoms. The Kier molecular flexibility index (Phi) is 13.9. The van der Waals surface area contributed by atoms with Crippen LogP contribution >= 0.6 is 24.8 Å². The van der Waals surface area contributed by atoms with Crippen LogP contribution in [0.5, 0.6) is 0 Å². The van der Waals surface area contributed by atoms with Crippen LogP contribution in [-0.2, 0) is 6.42 Å². The third-order valence-electron chi connectivity index (χ3n) is 3.34. The number of amidine groups is 1. The standard InChI is InChI=1S/C16H27N3.2ClH/c1-13-8-5-6-9-15(13)12-16(19-14(2)18)10-4-3-7-11-17;;/h5-6,8-9,16H,3-4,7,10-12,17H2,1-2H3,(H2,18,19);2*1H. The van der Waals surface area contributed by atoms with Gasteiger partial charge < -0.3 is 11.5 Å². The van der Waals surface area contributed by atoms with Gasteiger partial charge >= 0.3 is 0 Å². The van der Waals surface area contributed by atoms with Crippen molar-refractivity contribution in [3.63, 3.8) is 0 Å². The minimum absolute atomic E-state index is 0. The van der Waals surface area contributed by atoms with Crippen LogP contribution in [0.3, 0.4) is 0 Å². The number of nitrogens with two attached hydrogens (primary N) is 2. The number of hydrogen-bond donors (Lipinski definition) is 2.